The Morgan fingerprint density at radius 3 is 2.67 bits per heavy atom. The Kier molecular flexibility index (Phi) is 3.58. The second kappa shape index (κ2) is 5.14. The third-order valence-corrected chi connectivity index (χ3v) is 3.02. The summed E-state index contributed by atoms with van der Waals surface area (Å²) >= 11 is 5.83. The van der Waals surface area contributed by atoms with E-state index in [1.54, 1.807) is 0 Å². The SMILES string of the molecule is Cc1ccc(Nc2ncnc(Cl)c2C=O)cc1C. The van der Waals surface area contributed by atoms with E-state index < -0.39 is 0 Å². The number of nitrogens with zero attached hydrogens (tertiary/aromatic N) is 2. The first-order chi connectivity index (χ1) is 8.61. The Morgan fingerprint density at radius 1 is 1.22 bits per heavy atom. The number of hydrogen-bond donors (Lipinski definition) is 1. The standard InChI is InChI=1S/C13H12ClN3O/c1-8-3-4-10(5-9(8)2)17-13-11(6-18)12(14)15-7-16-13/h3-7H,1-2H3,(H,15,16,17). The monoisotopic (exact) mass is 261 g/mol. The van der Waals surface area contributed by atoms with Gasteiger partial charge in [-0.05, 0) is 37.1 Å². The molecule has 0 aliphatic rings. The van der Waals surface area contributed by atoms with Crippen molar-refractivity contribution in [3.05, 3.63) is 46.4 Å². The van der Waals surface area contributed by atoms with Crippen molar-refractivity contribution in [2.75, 3.05) is 5.32 Å². The summed E-state index contributed by atoms with van der Waals surface area (Å²) < 4.78 is 0. The fraction of sp³-hybridized carbons (Fsp3) is 0.154. The molecule has 0 saturated carbocycles. The number of carbonyl (C=O) groups is 1. The van der Waals surface area contributed by atoms with Crippen LogP contribution in [0.5, 0.6) is 0 Å². The maximum absolute atomic E-state index is 11.0. The summed E-state index contributed by atoms with van der Waals surface area (Å²) in [6.45, 7) is 4.06. The summed E-state index contributed by atoms with van der Waals surface area (Å²) in [5, 5.41) is 3.21. The van der Waals surface area contributed by atoms with Crippen molar-refractivity contribution in [2.45, 2.75) is 13.8 Å². The number of halogens is 1. The van der Waals surface area contributed by atoms with Gasteiger partial charge in [-0.3, -0.25) is 4.79 Å². The predicted molar refractivity (Wildman–Crippen MR) is 71.6 cm³/mol. The van der Waals surface area contributed by atoms with Crippen molar-refractivity contribution >= 4 is 29.4 Å². The van der Waals surface area contributed by atoms with E-state index in [9.17, 15) is 4.79 Å². The highest BCUT2D eigenvalue weighted by atomic mass is 35.5. The molecule has 1 N–H and O–H groups in total. The van der Waals surface area contributed by atoms with Gasteiger partial charge >= 0.3 is 0 Å². The molecule has 0 radical (unpaired) electrons. The van der Waals surface area contributed by atoms with E-state index in [0.717, 1.165) is 11.3 Å². The molecule has 0 amide bonds. The van der Waals surface area contributed by atoms with Gasteiger partial charge in [-0.25, -0.2) is 9.97 Å². The molecule has 0 spiro atoms. The molecular weight excluding hydrogens is 250 g/mol. The van der Waals surface area contributed by atoms with Gasteiger partial charge in [0.25, 0.3) is 0 Å². The molecule has 0 aliphatic carbocycles. The summed E-state index contributed by atoms with van der Waals surface area (Å²) in [5.74, 6) is 0.410. The Hall–Kier alpha value is -1.94. The molecule has 4 nitrogen and oxygen atoms in total. The van der Waals surface area contributed by atoms with Crippen molar-refractivity contribution in [3.8, 4) is 0 Å². The molecule has 0 unspecified atom stereocenters. The van der Waals surface area contributed by atoms with Crippen LogP contribution in [0, 0.1) is 13.8 Å². The molecule has 2 aromatic rings. The van der Waals surface area contributed by atoms with Gasteiger partial charge in [-0.2, -0.15) is 0 Å². The number of aromatic nitrogens is 2. The number of carbonyl (C=O) groups excluding carboxylic acids is 1. The molecule has 0 bridgehead atoms. The molecule has 0 atom stereocenters. The third kappa shape index (κ3) is 2.49. The highest BCUT2D eigenvalue weighted by Crippen LogP contribution is 2.23. The van der Waals surface area contributed by atoms with Crippen LogP contribution in [0.15, 0.2) is 24.5 Å². The van der Waals surface area contributed by atoms with Crippen LogP contribution in [0.4, 0.5) is 11.5 Å². The van der Waals surface area contributed by atoms with E-state index in [0.29, 0.717) is 12.1 Å². The number of rotatable bonds is 3. The number of aryl methyl sites for hydroxylation is 2. The summed E-state index contributed by atoms with van der Waals surface area (Å²) in [6.07, 6.45) is 1.96. The van der Waals surface area contributed by atoms with Crippen LogP contribution in [0.3, 0.4) is 0 Å². The minimum atomic E-state index is 0.145. The number of hydrogen-bond acceptors (Lipinski definition) is 4. The second-order valence-electron chi connectivity index (χ2n) is 3.97. The normalized spacial score (nSPS) is 10.2. The molecule has 0 saturated heterocycles. The Morgan fingerprint density at radius 2 is 2.00 bits per heavy atom. The Labute approximate surface area is 110 Å². The quantitative estimate of drug-likeness (QED) is 0.680. The van der Waals surface area contributed by atoms with Gasteiger partial charge in [0.1, 0.15) is 17.3 Å². The molecule has 18 heavy (non-hydrogen) atoms. The highest BCUT2D eigenvalue weighted by molar-refractivity contribution is 6.32. The van der Waals surface area contributed by atoms with E-state index >= 15 is 0 Å². The third-order valence-electron chi connectivity index (χ3n) is 2.72. The highest BCUT2D eigenvalue weighted by Gasteiger charge is 2.09. The topological polar surface area (TPSA) is 54.9 Å². The first-order valence-corrected chi connectivity index (χ1v) is 5.79. The van der Waals surface area contributed by atoms with E-state index in [1.165, 1.54) is 11.9 Å². The lowest BCUT2D eigenvalue weighted by atomic mass is 10.1. The average Bonchev–Trinajstić information content (AvgIpc) is 2.34. The number of aldehydes is 1. The molecule has 92 valence electrons. The molecule has 1 aromatic carbocycles. The number of anilines is 2. The first kappa shape index (κ1) is 12.5. The van der Waals surface area contributed by atoms with Crippen molar-refractivity contribution in [1.82, 2.24) is 9.97 Å². The van der Waals surface area contributed by atoms with E-state index in [4.69, 9.17) is 11.6 Å². The number of nitrogens with one attached hydrogen (secondary N) is 1. The van der Waals surface area contributed by atoms with Gasteiger partial charge in [-0.15, -0.1) is 0 Å². The zero-order chi connectivity index (χ0) is 13.1. The summed E-state index contributed by atoms with van der Waals surface area (Å²) in [4.78, 5) is 18.7. The number of benzene rings is 1. The second-order valence-corrected chi connectivity index (χ2v) is 4.33. The molecule has 0 aliphatic heterocycles. The zero-order valence-corrected chi connectivity index (χ0v) is 10.8. The van der Waals surface area contributed by atoms with Crippen LogP contribution < -0.4 is 5.32 Å². The van der Waals surface area contributed by atoms with Crippen molar-refractivity contribution < 1.29 is 4.79 Å². The lowest BCUT2D eigenvalue weighted by Gasteiger charge is -2.09. The van der Waals surface area contributed by atoms with Crippen molar-refractivity contribution in [2.24, 2.45) is 0 Å². The molecule has 1 heterocycles. The van der Waals surface area contributed by atoms with E-state index in [2.05, 4.69) is 15.3 Å². The Balaban J connectivity index is 2.36. The van der Waals surface area contributed by atoms with Gasteiger partial charge in [0.15, 0.2) is 6.29 Å². The summed E-state index contributed by atoms with van der Waals surface area (Å²) in [6, 6.07) is 5.91. The lowest BCUT2D eigenvalue weighted by molar-refractivity contribution is 0.112. The molecular formula is C13H12ClN3O. The average molecular weight is 262 g/mol. The van der Waals surface area contributed by atoms with Crippen LogP contribution in [0.2, 0.25) is 5.15 Å². The maximum Gasteiger partial charge on any atom is 0.156 e. The van der Waals surface area contributed by atoms with E-state index in [1.807, 2.05) is 32.0 Å². The van der Waals surface area contributed by atoms with Crippen molar-refractivity contribution in [3.63, 3.8) is 0 Å². The zero-order valence-electron chi connectivity index (χ0n) is 10.1. The minimum absolute atomic E-state index is 0.145. The van der Waals surface area contributed by atoms with Gasteiger partial charge < -0.3 is 5.32 Å². The van der Waals surface area contributed by atoms with Gasteiger partial charge in [-0.1, -0.05) is 17.7 Å². The van der Waals surface area contributed by atoms with Crippen LogP contribution in [-0.4, -0.2) is 16.3 Å². The Bertz CT molecular complexity index is 599. The van der Waals surface area contributed by atoms with Crippen LogP contribution >= 0.6 is 11.6 Å². The van der Waals surface area contributed by atoms with Gasteiger partial charge in [0.05, 0.1) is 5.56 Å². The summed E-state index contributed by atoms with van der Waals surface area (Å²) in [5.41, 5.74) is 3.48. The molecule has 1 aromatic heterocycles. The largest absolute Gasteiger partial charge is 0.339 e. The molecule has 2 rings (SSSR count). The lowest BCUT2D eigenvalue weighted by Crippen LogP contribution is -2.01. The summed E-state index contributed by atoms with van der Waals surface area (Å²) in [7, 11) is 0. The van der Waals surface area contributed by atoms with Crippen LogP contribution in [0.1, 0.15) is 21.5 Å². The molecule has 5 heteroatoms. The van der Waals surface area contributed by atoms with Crippen molar-refractivity contribution in [1.29, 1.82) is 0 Å². The maximum atomic E-state index is 11.0. The van der Waals surface area contributed by atoms with Gasteiger partial charge in [0, 0.05) is 5.69 Å². The fourth-order valence-electron chi connectivity index (χ4n) is 1.53. The molecule has 0 fully saturated rings. The first-order valence-electron chi connectivity index (χ1n) is 5.42. The minimum Gasteiger partial charge on any atom is -0.339 e. The smallest absolute Gasteiger partial charge is 0.156 e. The fourth-order valence-corrected chi connectivity index (χ4v) is 1.71. The van der Waals surface area contributed by atoms with Crippen LogP contribution in [-0.2, 0) is 0 Å². The predicted octanol–water partition coefficient (Wildman–Crippen LogP) is 3.30. The van der Waals surface area contributed by atoms with Crippen LogP contribution in [0.25, 0.3) is 0 Å². The van der Waals surface area contributed by atoms with Gasteiger partial charge in [0.2, 0.25) is 0 Å². The van der Waals surface area contributed by atoms with E-state index in [-0.39, 0.29) is 10.7 Å².